The zero-order valence-electron chi connectivity index (χ0n) is 3.77. The van der Waals surface area contributed by atoms with Crippen LogP contribution in [0.4, 0.5) is 4.39 Å². The van der Waals surface area contributed by atoms with E-state index in [1.54, 1.807) is 6.08 Å². The summed E-state index contributed by atoms with van der Waals surface area (Å²) in [5.41, 5.74) is 0. The normalized spacial score (nSPS) is 39.7. The van der Waals surface area contributed by atoms with Crippen LogP contribution in [0.1, 0.15) is 6.42 Å². The predicted molar refractivity (Wildman–Crippen MR) is 28.3 cm³/mol. The fourth-order valence-electron chi connectivity index (χ4n) is 0.613. The van der Waals surface area contributed by atoms with E-state index in [0.29, 0.717) is 6.42 Å². The molecule has 0 saturated heterocycles. The summed E-state index contributed by atoms with van der Waals surface area (Å²) in [5, 5.41) is -0.0602. The zero-order chi connectivity index (χ0) is 5.28. The summed E-state index contributed by atoms with van der Waals surface area (Å²) in [6.45, 7) is 0. The van der Waals surface area contributed by atoms with Crippen molar-refractivity contribution in [2.75, 3.05) is 0 Å². The highest BCUT2D eigenvalue weighted by molar-refractivity contribution is 6.22. The summed E-state index contributed by atoms with van der Waals surface area (Å²) in [5.74, 6) is 0. The van der Waals surface area contributed by atoms with Crippen molar-refractivity contribution in [3.63, 3.8) is 0 Å². The molecule has 0 aromatic heterocycles. The minimum Gasteiger partial charge on any atom is -0.243 e. The molecule has 2 unspecified atom stereocenters. The van der Waals surface area contributed by atoms with Gasteiger partial charge in [-0.3, -0.25) is 0 Å². The van der Waals surface area contributed by atoms with Crippen molar-refractivity contribution < 1.29 is 4.39 Å². The van der Waals surface area contributed by atoms with Crippen molar-refractivity contribution in [1.29, 1.82) is 0 Å². The number of alkyl halides is 2. The molecule has 0 bridgehead atoms. The van der Waals surface area contributed by atoms with Crippen LogP contribution in [0.3, 0.4) is 0 Å². The van der Waals surface area contributed by atoms with E-state index in [4.69, 9.17) is 11.6 Å². The molecule has 0 amide bonds. The summed E-state index contributed by atoms with van der Waals surface area (Å²) in [7, 11) is 0. The smallest absolute Gasteiger partial charge is 0.120 e. The van der Waals surface area contributed by atoms with Gasteiger partial charge in [-0.1, -0.05) is 12.2 Å². The first-order chi connectivity index (χ1) is 3.29. The van der Waals surface area contributed by atoms with E-state index in [1.165, 1.54) is 6.08 Å². The Kier molecular flexibility index (Phi) is 1.33. The second-order valence-electron chi connectivity index (χ2n) is 1.65. The minimum absolute atomic E-state index is 0.0602. The van der Waals surface area contributed by atoms with Crippen molar-refractivity contribution in [3.05, 3.63) is 12.2 Å². The van der Waals surface area contributed by atoms with Crippen molar-refractivity contribution in [2.45, 2.75) is 18.0 Å². The van der Waals surface area contributed by atoms with Crippen molar-refractivity contribution in [2.24, 2.45) is 0 Å². The highest BCUT2D eigenvalue weighted by Crippen LogP contribution is 2.17. The third-order valence-electron chi connectivity index (χ3n) is 0.979. The molecule has 1 aliphatic rings. The maximum atomic E-state index is 12.0. The standard InChI is InChI=1S/C5H6ClF/c6-4-1-2-5(7)3-4/h1-2,4-5H,3H2. The fraction of sp³-hybridized carbons (Fsp3) is 0.600. The molecule has 0 spiro atoms. The largest absolute Gasteiger partial charge is 0.243 e. The first kappa shape index (κ1) is 5.10. The molecule has 0 aromatic rings. The lowest BCUT2D eigenvalue weighted by atomic mass is 10.3. The number of rotatable bonds is 0. The Morgan fingerprint density at radius 3 is 2.43 bits per heavy atom. The Hall–Kier alpha value is -0.0400. The highest BCUT2D eigenvalue weighted by Gasteiger charge is 2.14. The van der Waals surface area contributed by atoms with E-state index in [9.17, 15) is 4.39 Å². The molecule has 40 valence electrons. The van der Waals surface area contributed by atoms with Gasteiger partial charge in [-0.05, 0) is 0 Å². The van der Waals surface area contributed by atoms with Gasteiger partial charge in [0.15, 0.2) is 0 Å². The molecular weight excluding hydrogens is 115 g/mol. The Labute approximate surface area is 47.0 Å². The average molecular weight is 121 g/mol. The number of hydrogen-bond acceptors (Lipinski definition) is 0. The van der Waals surface area contributed by atoms with Crippen LogP contribution in [0, 0.1) is 0 Å². The quantitative estimate of drug-likeness (QED) is 0.338. The zero-order valence-corrected chi connectivity index (χ0v) is 4.53. The van der Waals surface area contributed by atoms with Gasteiger partial charge in [0.05, 0.1) is 5.38 Å². The molecule has 0 nitrogen and oxygen atoms in total. The number of halogens is 2. The summed E-state index contributed by atoms with van der Waals surface area (Å²) in [4.78, 5) is 0. The van der Waals surface area contributed by atoms with Gasteiger partial charge in [-0.15, -0.1) is 11.6 Å². The Morgan fingerprint density at radius 2 is 2.29 bits per heavy atom. The van der Waals surface area contributed by atoms with Gasteiger partial charge >= 0.3 is 0 Å². The predicted octanol–water partition coefficient (Wildman–Crippen LogP) is 1.89. The third kappa shape index (κ3) is 1.16. The van der Waals surface area contributed by atoms with E-state index >= 15 is 0 Å². The van der Waals surface area contributed by atoms with Gasteiger partial charge < -0.3 is 0 Å². The van der Waals surface area contributed by atoms with Crippen LogP contribution in [0.2, 0.25) is 0 Å². The van der Waals surface area contributed by atoms with E-state index in [1.807, 2.05) is 0 Å². The third-order valence-corrected chi connectivity index (χ3v) is 1.30. The second-order valence-corrected chi connectivity index (χ2v) is 2.21. The molecule has 0 aliphatic heterocycles. The summed E-state index contributed by atoms with van der Waals surface area (Å²) in [6.07, 6.45) is 2.85. The molecule has 0 fully saturated rings. The van der Waals surface area contributed by atoms with E-state index in [2.05, 4.69) is 0 Å². The molecule has 1 aliphatic carbocycles. The van der Waals surface area contributed by atoms with Crippen LogP contribution >= 0.6 is 11.6 Å². The highest BCUT2D eigenvalue weighted by atomic mass is 35.5. The first-order valence-electron chi connectivity index (χ1n) is 2.25. The average Bonchev–Trinajstić information content (AvgIpc) is 1.87. The van der Waals surface area contributed by atoms with Gasteiger partial charge in [0.1, 0.15) is 6.17 Å². The van der Waals surface area contributed by atoms with Crippen molar-refractivity contribution in [3.8, 4) is 0 Å². The van der Waals surface area contributed by atoms with E-state index in [-0.39, 0.29) is 5.38 Å². The van der Waals surface area contributed by atoms with Crippen LogP contribution in [-0.2, 0) is 0 Å². The lowest BCUT2D eigenvalue weighted by Crippen LogP contribution is -1.93. The molecule has 0 heterocycles. The minimum atomic E-state index is -0.789. The Balaban J connectivity index is 2.42. The second kappa shape index (κ2) is 1.83. The number of hydrogen-bond donors (Lipinski definition) is 0. The molecule has 0 radical (unpaired) electrons. The van der Waals surface area contributed by atoms with Crippen LogP contribution in [0.25, 0.3) is 0 Å². The first-order valence-corrected chi connectivity index (χ1v) is 2.69. The maximum Gasteiger partial charge on any atom is 0.120 e. The molecule has 0 aromatic carbocycles. The van der Waals surface area contributed by atoms with Crippen molar-refractivity contribution in [1.82, 2.24) is 0 Å². The van der Waals surface area contributed by atoms with Crippen LogP contribution < -0.4 is 0 Å². The lowest BCUT2D eigenvalue weighted by Gasteiger charge is -1.92. The van der Waals surface area contributed by atoms with Crippen molar-refractivity contribution >= 4 is 11.6 Å². The molecular formula is C5H6ClF. The SMILES string of the molecule is FC1C=CC(Cl)C1. The molecule has 0 N–H and O–H groups in total. The van der Waals surface area contributed by atoms with Gasteiger partial charge in [0.25, 0.3) is 0 Å². The van der Waals surface area contributed by atoms with Gasteiger partial charge in [0, 0.05) is 6.42 Å². The van der Waals surface area contributed by atoms with E-state index < -0.39 is 6.17 Å². The van der Waals surface area contributed by atoms with Crippen LogP contribution in [-0.4, -0.2) is 11.5 Å². The molecule has 7 heavy (non-hydrogen) atoms. The van der Waals surface area contributed by atoms with Crippen LogP contribution in [0.15, 0.2) is 12.2 Å². The topological polar surface area (TPSA) is 0 Å². The molecule has 0 saturated carbocycles. The molecule has 2 heteroatoms. The van der Waals surface area contributed by atoms with Crippen LogP contribution in [0.5, 0.6) is 0 Å². The van der Waals surface area contributed by atoms with E-state index in [0.717, 1.165) is 0 Å². The Morgan fingerprint density at radius 1 is 1.57 bits per heavy atom. The monoisotopic (exact) mass is 120 g/mol. The fourth-order valence-corrected chi connectivity index (χ4v) is 0.868. The molecule has 2 atom stereocenters. The Bertz CT molecular complexity index is 80.1. The van der Waals surface area contributed by atoms with Gasteiger partial charge in [0.2, 0.25) is 0 Å². The number of allylic oxidation sites excluding steroid dienone is 2. The van der Waals surface area contributed by atoms with Gasteiger partial charge in [-0.25, -0.2) is 4.39 Å². The lowest BCUT2D eigenvalue weighted by molar-refractivity contribution is 0.397. The molecule has 1 rings (SSSR count). The summed E-state index contributed by atoms with van der Waals surface area (Å²) >= 11 is 5.48. The summed E-state index contributed by atoms with van der Waals surface area (Å²) in [6, 6.07) is 0. The maximum absolute atomic E-state index is 12.0. The van der Waals surface area contributed by atoms with Gasteiger partial charge in [-0.2, -0.15) is 0 Å². The summed E-state index contributed by atoms with van der Waals surface area (Å²) < 4.78 is 12.0.